The fraction of sp³-hybridized carbons (Fsp3) is 0.0714. The summed E-state index contributed by atoms with van der Waals surface area (Å²) >= 11 is 0. The molecule has 0 aliphatic carbocycles. The molecule has 4 nitrogen and oxygen atoms in total. The highest BCUT2D eigenvalue weighted by Crippen LogP contribution is 2.32. The first kappa shape index (κ1) is 11.5. The number of nitrogens with zero attached hydrogens (tertiary/aromatic N) is 2. The van der Waals surface area contributed by atoms with Gasteiger partial charge in [0, 0.05) is 6.20 Å². The van der Waals surface area contributed by atoms with Gasteiger partial charge in [0.2, 0.25) is 0 Å². The van der Waals surface area contributed by atoms with Crippen LogP contribution in [0.25, 0.3) is 0 Å². The summed E-state index contributed by atoms with van der Waals surface area (Å²) in [5.74, 6) is -1.97. The molecular weight excluding hydrogens is 247 g/mol. The van der Waals surface area contributed by atoms with Crippen molar-refractivity contribution in [2.45, 2.75) is 6.54 Å². The van der Waals surface area contributed by atoms with Gasteiger partial charge in [-0.25, -0.2) is 4.39 Å². The Morgan fingerprint density at radius 3 is 2.68 bits per heavy atom. The highest BCUT2D eigenvalue weighted by atomic mass is 19.1. The van der Waals surface area contributed by atoms with Crippen LogP contribution in [-0.2, 0) is 11.3 Å². The third-order valence-corrected chi connectivity index (χ3v) is 2.99. The van der Waals surface area contributed by atoms with E-state index >= 15 is 0 Å². The molecule has 3 rings (SSSR count). The lowest BCUT2D eigenvalue weighted by atomic mass is 10.1. The van der Waals surface area contributed by atoms with E-state index in [2.05, 4.69) is 4.98 Å². The van der Waals surface area contributed by atoms with E-state index in [4.69, 9.17) is 0 Å². The van der Waals surface area contributed by atoms with Crippen LogP contribution in [0.15, 0.2) is 42.6 Å². The number of aromatic nitrogens is 1. The van der Waals surface area contributed by atoms with Crippen molar-refractivity contribution in [3.05, 3.63) is 59.7 Å². The van der Waals surface area contributed by atoms with Crippen molar-refractivity contribution in [3.63, 3.8) is 0 Å². The fourth-order valence-electron chi connectivity index (χ4n) is 2.12. The summed E-state index contributed by atoms with van der Waals surface area (Å²) in [6.45, 7) is 0.0827. The summed E-state index contributed by atoms with van der Waals surface area (Å²) in [6, 6.07) is 9.34. The Kier molecular flexibility index (Phi) is 2.59. The number of anilines is 1. The lowest BCUT2D eigenvalue weighted by molar-refractivity contribution is -0.114. The topological polar surface area (TPSA) is 50.3 Å². The van der Waals surface area contributed by atoms with Gasteiger partial charge in [0.25, 0.3) is 11.7 Å². The summed E-state index contributed by atoms with van der Waals surface area (Å²) in [7, 11) is 0. The van der Waals surface area contributed by atoms with Crippen molar-refractivity contribution in [1.29, 1.82) is 0 Å². The maximum atomic E-state index is 13.8. The largest absolute Gasteiger partial charge is 0.299 e. The number of fused-ring (bicyclic) bond motifs is 1. The second kappa shape index (κ2) is 4.28. The number of hydrogen-bond donors (Lipinski definition) is 0. The molecule has 1 aromatic heterocycles. The van der Waals surface area contributed by atoms with Gasteiger partial charge in [0.05, 0.1) is 23.5 Å². The number of benzene rings is 1. The van der Waals surface area contributed by atoms with Crippen molar-refractivity contribution in [2.24, 2.45) is 0 Å². The van der Waals surface area contributed by atoms with Gasteiger partial charge >= 0.3 is 0 Å². The van der Waals surface area contributed by atoms with Crippen molar-refractivity contribution in [1.82, 2.24) is 4.98 Å². The number of ketones is 1. The summed E-state index contributed by atoms with van der Waals surface area (Å²) in [5, 5.41) is 0. The minimum Gasteiger partial charge on any atom is -0.296 e. The van der Waals surface area contributed by atoms with Crippen molar-refractivity contribution < 1.29 is 14.0 Å². The summed E-state index contributed by atoms with van der Waals surface area (Å²) < 4.78 is 13.8. The van der Waals surface area contributed by atoms with Crippen LogP contribution in [0.2, 0.25) is 0 Å². The van der Waals surface area contributed by atoms with Crippen molar-refractivity contribution in [3.8, 4) is 0 Å². The minimum absolute atomic E-state index is 0.0446. The molecule has 2 aromatic rings. The van der Waals surface area contributed by atoms with Crippen LogP contribution in [0, 0.1) is 5.82 Å². The predicted molar refractivity (Wildman–Crippen MR) is 66.2 cm³/mol. The van der Waals surface area contributed by atoms with Crippen LogP contribution in [0.3, 0.4) is 0 Å². The number of rotatable bonds is 2. The van der Waals surface area contributed by atoms with E-state index < -0.39 is 17.5 Å². The Labute approximate surface area is 108 Å². The Balaban J connectivity index is 2.04. The molecule has 94 valence electrons. The molecule has 0 atom stereocenters. The van der Waals surface area contributed by atoms with Gasteiger partial charge in [-0.15, -0.1) is 0 Å². The number of para-hydroxylation sites is 1. The molecule has 1 amide bonds. The normalized spacial score (nSPS) is 13.8. The van der Waals surface area contributed by atoms with Crippen LogP contribution >= 0.6 is 0 Å². The lowest BCUT2D eigenvalue weighted by Gasteiger charge is -2.16. The van der Waals surface area contributed by atoms with E-state index in [1.807, 2.05) is 0 Å². The first-order chi connectivity index (χ1) is 9.18. The Morgan fingerprint density at radius 1 is 1.11 bits per heavy atom. The van der Waals surface area contributed by atoms with E-state index in [1.54, 1.807) is 24.4 Å². The Hall–Kier alpha value is -2.56. The first-order valence-electron chi connectivity index (χ1n) is 5.73. The average molecular weight is 256 g/mol. The van der Waals surface area contributed by atoms with Gasteiger partial charge in [-0.2, -0.15) is 0 Å². The van der Waals surface area contributed by atoms with Gasteiger partial charge in [-0.3, -0.25) is 19.5 Å². The molecule has 1 aliphatic rings. The van der Waals surface area contributed by atoms with Crippen LogP contribution in [0.5, 0.6) is 0 Å². The van der Waals surface area contributed by atoms with Crippen LogP contribution in [0.4, 0.5) is 10.1 Å². The molecule has 0 N–H and O–H groups in total. The zero-order chi connectivity index (χ0) is 13.4. The molecule has 0 saturated carbocycles. The van der Waals surface area contributed by atoms with E-state index in [0.29, 0.717) is 5.69 Å². The van der Waals surface area contributed by atoms with Gasteiger partial charge in [-0.05, 0) is 24.3 Å². The maximum Gasteiger partial charge on any atom is 0.299 e. The third-order valence-electron chi connectivity index (χ3n) is 2.99. The Morgan fingerprint density at radius 2 is 1.95 bits per heavy atom. The molecular formula is C14H9FN2O2. The van der Waals surface area contributed by atoms with Gasteiger partial charge < -0.3 is 0 Å². The minimum atomic E-state index is -0.717. The number of Topliss-reactive ketones (excluding diaryl/α,β-unsaturated/α-hetero) is 1. The number of hydrogen-bond acceptors (Lipinski definition) is 3. The fourth-order valence-corrected chi connectivity index (χ4v) is 2.12. The van der Waals surface area contributed by atoms with Gasteiger partial charge in [-0.1, -0.05) is 12.1 Å². The van der Waals surface area contributed by atoms with Crippen molar-refractivity contribution >= 4 is 17.4 Å². The summed E-state index contributed by atoms with van der Waals surface area (Å²) in [6.07, 6.45) is 1.58. The molecule has 0 spiro atoms. The number of halogens is 1. The molecule has 0 fully saturated rings. The molecule has 5 heteroatoms. The van der Waals surface area contributed by atoms with E-state index in [-0.39, 0.29) is 17.8 Å². The lowest BCUT2D eigenvalue weighted by Crippen LogP contribution is -2.29. The molecule has 2 heterocycles. The third kappa shape index (κ3) is 1.79. The molecule has 0 radical (unpaired) electrons. The molecule has 1 aliphatic heterocycles. The zero-order valence-corrected chi connectivity index (χ0v) is 9.84. The summed E-state index contributed by atoms with van der Waals surface area (Å²) in [4.78, 5) is 28.9. The van der Waals surface area contributed by atoms with Gasteiger partial charge in [0.1, 0.15) is 5.82 Å². The first-order valence-corrected chi connectivity index (χ1v) is 5.73. The predicted octanol–water partition coefficient (Wildman–Crippen LogP) is 1.95. The molecule has 19 heavy (non-hydrogen) atoms. The number of pyridine rings is 1. The molecule has 1 aromatic carbocycles. The highest BCUT2D eigenvalue weighted by Gasteiger charge is 2.37. The second-order valence-electron chi connectivity index (χ2n) is 4.18. The van der Waals surface area contributed by atoms with Crippen LogP contribution in [-0.4, -0.2) is 16.7 Å². The standard InChI is InChI=1S/C14H9FN2O2/c15-11-6-3-5-10-12(11)17(14(19)13(10)18)8-9-4-1-2-7-16-9/h1-7H,8H2. The quantitative estimate of drug-likeness (QED) is 0.772. The van der Waals surface area contributed by atoms with Gasteiger partial charge in [0.15, 0.2) is 0 Å². The number of carbonyl (C=O) groups is 2. The Bertz CT molecular complexity index is 670. The van der Waals surface area contributed by atoms with E-state index in [9.17, 15) is 14.0 Å². The summed E-state index contributed by atoms with van der Waals surface area (Å²) in [5.41, 5.74) is 0.754. The SMILES string of the molecule is O=C1C(=O)N(Cc2ccccn2)c2c(F)cccc21. The molecule has 0 saturated heterocycles. The average Bonchev–Trinajstić information content (AvgIpc) is 2.67. The second-order valence-corrected chi connectivity index (χ2v) is 4.18. The number of carbonyl (C=O) groups excluding carboxylic acids is 2. The van der Waals surface area contributed by atoms with E-state index in [1.165, 1.54) is 18.2 Å². The highest BCUT2D eigenvalue weighted by molar-refractivity contribution is 6.52. The van der Waals surface area contributed by atoms with Crippen molar-refractivity contribution in [2.75, 3.05) is 4.90 Å². The van der Waals surface area contributed by atoms with Crippen LogP contribution in [0.1, 0.15) is 16.1 Å². The zero-order valence-electron chi connectivity index (χ0n) is 9.84. The maximum absolute atomic E-state index is 13.8. The molecule has 0 unspecified atom stereocenters. The van der Waals surface area contributed by atoms with E-state index in [0.717, 1.165) is 4.90 Å². The monoisotopic (exact) mass is 256 g/mol. The molecule has 0 bridgehead atoms. The number of amides is 1. The van der Waals surface area contributed by atoms with Crippen LogP contribution < -0.4 is 4.90 Å². The smallest absolute Gasteiger partial charge is 0.296 e.